The Morgan fingerprint density at radius 2 is 1.41 bits per heavy atom. The number of fused-ring (bicyclic) bond motifs is 3. The van der Waals surface area contributed by atoms with Crippen LogP contribution in [0.1, 0.15) is 96.1 Å². The molecule has 7 nitrogen and oxygen atoms in total. The van der Waals surface area contributed by atoms with Gasteiger partial charge in [0.2, 0.25) is 5.91 Å². The minimum Gasteiger partial charge on any atom is -0.460 e. The topological polar surface area (TPSA) is 93.7 Å². The summed E-state index contributed by atoms with van der Waals surface area (Å²) in [5.74, 6) is -1.07. The first kappa shape index (κ1) is 30.2. The first-order valence-corrected chi connectivity index (χ1v) is 14.3. The zero-order chi connectivity index (χ0) is 28.3. The van der Waals surface area contributed by atoms with Gasteiger partial charge in [0.05, 0.1) is 6.42 Å². The lowest BCUT2D eigenvalue weighted by atomic mass is 9.98. The number of ether oxygens (including phenoxy) is 2. The highest BCUT2D eigenvalue weighted by atomic mass is 16.6. The molecular weight excluding hydrogens is 492 g/mol. The molecule has 1 aliphatic carbocycles. The molecule has 212 valence electrons. The van der Waals surface area contributed by atoms with E-state index in [0.29, 0.717) is 6.54 Å². The Morgan fingerprint density at radius 3 is 2.00 bits per heavy atom. The van der Waals surface area contributed by atoms with E-state index in [2.05, 4.69) is 29.7 Å². The van der Waals surface area contributed by atoms with E-state index >= 15 is 0 Å². The van der Waals surface area contributed by atoms with E-state index in [9.17, 15) is 14.4 Å². The SMILES string of the molecule is CCCCCCCCCNC(=O)C(CC(=O)OC(C)(C)C)NC(=O)OCC1c2ccccc2-c2ccccc21. The second kappa shape index (κ2) is 14.7. The number of carbonyl (C=O) groups excluding carboxylic acids is 3. The summed E-state index contributed by atoms with van der Waals surface area (Å²) in [5.41, 5.74) is 3.78. The molecule has 2 N–H and O–H groups in total. The maximum Gasteiger partial charge on any atom is 0.407 e. The fourth-order valence-corrected chi connectivity index (χ4v) is 4.96. The number of unbranched alkanes of at least 4 members (excludes halogenated alkanes) is 6. The minimum absolute atomic E-state index is 0.0985. The molecule has 0 saturated carbocycles. The van der Waals surface area contributed by atoms with E-state index in [-0.39, 0.29) is 18.9 Å². The van der Waals surface area contributed by atoms with Gasteiger partial charge < -0.3 is 20.1 Å². The molecule has 0 radical (unpaired) electrons. The van der Waals surface area contributed by atoms with Crippen LogP contribution in [0.4, 0.5) is 4.79 Å². The zero-order valence-corrected chi connectivity index (χ0v) is 23.9. The third-order valence-electron chi connectivity index (χ3n) is 6.82. The fraction of sp³-hybridized carbons (Fsp3) is 0.531. The van der Waals surface area contributed by atoms with Crippen molar-refractivity contribution in [2.45, 2.75) is 96.6 Å². The predicted octanol–water partition coefficient (Wildman–Crippen LogP) is 6.49. The van der Waals surface area contributed by atoms with Gasteiger partial charge in [-0.2, -0.15) is 0 Å². The van der Waals surface area contributed by atoms with Crippen molar-refractivity contribution in [2.24, 2.45) is 0 Å². The number of hydrogen-bond acceptors (Lipinski definition) is 5. The van der Waals surface area contributed by atoms with Crippen molar-refractivity contribution in [3.05, 3.63) is 59.7 Å². The Bertz CT molecular complexity index is 1060. The molecule has 1 unspecified atom stereocenters. The quantitative estimate of drug-likeness (QED) is 0.213. The van der Waals surface area contributed by atoms with Gasteiger partial charge in [0.1, 0.15) is 18.2 Å². The van der Waals surface area contributed by atoms with Gasteiger partial charge in [-0.1, -0.05) is 94.0 Å². The molecule has 2 amide bonds. The summed E-state index contributed by atoms with van der Waals surface area (Å²) in [4.78, 5) is 38.3. The van der Waals surface area contributed by atoms with Crippen LogP contribution in [0.3, 0.4) is 0 Å². The average molecular weight is 537 g/mol. The summed E-state index contributed by atoms with van der Waals surface area (Å²) >= 11 is 0. The van der Waals surface area contributed by atoms with Gasteiger partial charge in [-0.3, -0.25) is 9.59 Å². The van der Waals surface area contributed by atoms with Crippen LogP contribution in [-0.2, 0) is 19.1 Å². The Labute approximate surface area is 233 Å². The number of benzene rings is 2. The Morgan fingerprint density at radius 1 is 0.846 bits per heavy atom. The van der Waals surface area contributed by atoms with Gasteiger partial charge in [-0.25, -0.2) is 4.79 Å². The van der Waals surface area contributed by atoms with E-state index in [0.717, 1.165) is 41.5 Å². The Hall–Kier alpha value is -3.35. The molecule has 0 fully saturated rings. The third kappa shape index (κ3) is 9.41. The molecule has 2 aromatic carbocycles. The molecule has 0 aromatic heterocycles. The van der Waals surface area contributed by atoms with E-state index in [1.54, 1.807) is 20.8 Å². The molecule has 0 saturated heterocycles. The highest BCUT2D eigenvalue weighted by molar-refractivity contribution is 5.89. The summed E-state index contributed by atoms with van der Waals surface area (Å²) in [7, 11) is 0. The van der Waals surface area contributed by atoms with Crippen LogP contribution in [0.5, 0.6) is 0 Å². The normalized spacial score (nSPS) is 13.2. The minimum atomic E-state index is -1.08. The number of amides is 2. The number of alkyl carbamates (subject to hydrolysis) is 1. The van der Waals surface area contributed by atoms with Gasteiger partial charge in [0.15, 0.2) is 0 Å². The van der Waals surface area contributed by atoms with Crippen molar-refractivity contribution in [3.63, 3.8) is 0 Å². The molecule has 1 atom stereocenters. The summed E-state index contributed by atoms with van der Waals surface area (Å²) in [5, 5.41) is 5.47. The average Bonchev–Trinajstić information content (AvgIpc) is 3.21. The maximum absolute atomic E-state index is 13.0. The third-order valence-corrected chi connectivity index (χ3v) is 6.82. The molecule has 2 aromatic rings. The molecule has 0 heterocycles. The number of hydrogen-bond donors (Lipinski definition) is 2. The standard InChI is InChI=1S/C32H44N2O5/c1-5-6-7-8-9-10-15-20-33-30(36)28(21-29(35)39-32(2,3)4)34-31(37)38-22-27-25-18-13-11-16-23(25)24-17-12-14-19-26(24)27/h11-14,16-19,27-28H,5-10,15,20-22H2,1-4H3,(H,33,36)(H,34,37). The largest absolute Gasteiger partial charge is 0.460 e. The second-order valence-corrected chi connectivity index (χ2v) is 11.2. The monoisotopic (exact) mass is 536 g/mol. The van der Waals surface area contributed by atoms with Crippen molar-refractivity contribution in [3.8, 4) is 11.1 Å². The van der Waals surface area contributed by atoms with Crippen molar-refractivity contribution < 1.29 is 23.9 Å². The van der Waals surface area contributed by atoms with Crippen LogP contribution >= 0.6 is 0 Å². The molecule has 0 spiro atoms. The van der Waals surface area contributed by atoms with E-state index in [1.807, 2.05) is 36.4 Å². The fourth-order valence-electron chi connectivity index (χ4n) is 4.96. The highest BCUT2D eigenvalue weighted by Gasteiger charge is 2.31. The molecule has 0 aliphatic heterocycles. The van der Waals surface area contributed by atoms with Crippen LogP contribution in [0.25, 0.3) is 11.1 Å². The van der Waals surface area contributed by atoms with E-state index in [1.165, 1.54) is 25.7 Å². The molecule has 1 aliphatic rings. The lowest BCUT2D eigenvalue weighted by Gasteiger charge is -2.23. The zero-order valence-electron chi connectivity index (χ0n) is 23.9. The highest BCUT2D eigenvalue weighted by Crippen LogP contribution is 2.44. The maximum atomic E-state index is 13.0. The Balaban J connectivity index is 1.56. The van der Waals surface area contributed by atoms with Crippen molar-refractivity contribution in [1.82, 2.24) is 10.6 Å². The number of rotatable bonds is 14. The van der Waals surface area contributed by atoms with Gasteiger partial charge in [0.25, 0.3) is 0 Å². The smallest absolute Gasteiger partial charge is 0.407 e. The summed E-state index contributed by atoms with van der Waals surface area (Å²) in [6.07, 6.45) is 6.91. The van der Waals surface area contributed by atoms with Crippen LogP contribution < -0.4 is 10.6 Å². The first-order chi connectivity index (χ1) is 18.7. The lowest BCUT2D eigenvalue weighted by Crippen LogP contribution is -2.49. The van der Waals surface area contributed by atoms with Crippen molar-refractivity contribution >= 4 is 18.0 Å². The number of carbonyl (C=O) groups is 3. The van der Waals surface area contributed by atoms with E-state index < -0.39 is 29.6 Å². The van der Waals surface area contributed by atoms with Gasteiger partial charge in [-0.05, 0) is 49.4 Å². The summed E-state index contributed by atoms with van der Waals surface area (Å²) in [6.45, 7) is 8.10. The molecule has 0 bridgehead atoms. The second-order valence-electron chi connectivity index (χ2n) is 11.2. The molecule has 7 heteroatoms. The van der Waals surface area contributed by atoms with Gasteiger partial charge >= 0.3 is 12.1 Å². The van der Waals surface area contributed by atoms with Crippen LogP contribution in [0.2, 0.25) is 0 Å². The lowest BCUT2D eigenvalue weighted by molar-refractivity contribution is -0.156. The van der Waals surface area contributed by atoms with Gasteiger partial charge in [0, 0.05) is 12.5 Å². The first-order valence-electron chi connectivity index (χ1n) is 14.3. The molecule has 3 rings (SSSR count). The van der Waals surface area contributed by atoms with Crippen LogP contribution in [-0.4, -0.2) is 42.8 Å². The Kier molecular flexibility index (Phi) is 11.4. The summed E-state index contributed by atoms with van der Waals surface area (Å²) < 4.78 is 11.0. The van der Waals surface area contributed by atoms with Crippen molar-refractivity contribution in [1.29, 1.82) is 0 Å². The number of nitrogens with one attached hydrogen (secondary N) is 2. The van der Waals surface area contributed by atoms with Crippen molar-refractivity contribution in [2.75, 3.05) is 13.2 Å². The van der Waals surface area contributed by atoms with Gasteiger partial charge in [-0.15, -0.1) is 0 Å². The summed E-state index contributed by atoms with van der Waals surface area (Å²) in [6, 6.07) is 15.1. The van der Waals surface area contributed by atoms with E-state index in [4.69, 9.17) is 9.47 Å². The van der Waals surface area contributed by atoms with Crippen LogP contribution in [0, 0.1) is 0 Å². The van der Waals surface area contributed by atoms with Crippen LogP contribution in [0.15, 0.2) is 48.5 Å². The molecular formula is C32H44N2O5. The molecule has 39 heavy (non-hydrogen) atoms. The predicted molar refractivity (Wildman–Crippen MR) is 153 cm³/mol. The number of esters is 1.